The Kier molecular flexibility index (Phi) is 4.17. The summed E-state index contributed by atoms with van der Waals surface area (Å²) < 4.78 is 12.1. The van der Waals surface area contributed by atoms with Gasteiger partial charge < -0.3 is 20.1 Å². The predicted octanol–water partition coefficient (Wildman–Crippen LogP) is 1.13. The molecule has 2 saturated heterocycles. The van der Waals surface area contributed by atoms with Gasteiger partial charge in [-0.3, -0.25) is 0 Å². The molecule has 0 radical (unpaired) electrons. The molecule has 1 aliphatic carbocycles. The Morgan fingerprint density at radius 2 is 2.12 bits per heavy atom. The summed E-state index contributed by atoms with van der Waals surface area (Å²) in [5.74, 6) is 1.57. The van der Waals surface area contributed by atoms with Crippen LogP contribution in [0.2, 0.25) is 0 Å². The summed E-state index contributed by atoms with van der Waals surface area (Å²) in [5.41, 5.74) is 0.950. The minimum absolute atomic E-state index is 0.0921. The van der Waals surface area contributed by atoms with Gasteiger partial charge in [0.15, 0.2) is 0 Å². The molecule has 0 amide bonds. The van der Waals surface area contributed by atoms with Crippen molar-refractivity contribution < 1.29 is 14.8 Å². The van der Waals surface area contributed by atoms with Gasteiger partial charge in [-0.15, -0.1) is 11.3 Å². The average molecular weight is 359 g/mol. The quantitative estimate of drug-likeness (QED) is 0.809. The Morgan fingerprint density at radius 3 is 2.96 bits per heavy atom. The molecule has 6 nitrogen and oxygen atoms in total. The molecule has 4 heterocycles. The molecule has 1 saturated carbocycles. The normalized spacial score (nSPS) is 31.2. The van der Waals surface area contributed by atoms with Crippen molar-refractivity contribution >= 4 is 17.3 Å². The molecule has 7 heteroatoms. The number of nitrogens with zero attached hydrogens (tertiary/aromatic N) is 2. The number of fused-ring (bicyclic) bond motifs is 1. The van der Waals surface area contributed by atoms with E-state index in [1.54, 1.807) is 17.5 Å². The Bertz CT molecular complexity index is 722. The number of anilines is 1. The lowest BCUT2D eigenvalue weighted by molar-refractivity contribution is -0.695. The Labute approximate surface area is 151 Å². The van der Waals surface area contributed by atoms with E-state index in [4.69, 9.17) is 9.47 Å². The molecule has 3 fully saturated rings. The molecule has 2 aliphatic heterocycles. The molecule has 2 aromatic heterocycles. The maximum atomic E-state index is 6.06. The number of nitrogens with two attached hydrogens (primary N) is 1. The molecule has 2 aromatic rings. The van der Waals surface area contributed by atoms with Crippen LogP contribution in [0, 0.1) is 5.92 Å². The third kappa shape index (κ3) is 3.29. The first-order valence-corrected chi connectivity index (χ1v) is 9.95. The van der Waals surface area contributed by atoms with Crippen LogP contribution in [0.5, 0.6) is 0 Å². The van der Waals surface area contributed by atoms with Crippen molar-refractivity contribution in [2.45, 2.75) is 37.1 Å². The minimum Gasteiger partial charge on any atom is -0.367 e. The van der Waals surface area contributed by atoms with E-state index in [-0.39, 0.29) is 18.2 Å². The first-order valence-electron chi connectivity index (χ1n) is 9.07. The number of thiophene rings is 1. The summed E-state index contributed by atoms with van der Waals surface area (Å²) in [4.78, 5) is 10.2. The Morgan fingerprint density at radius 1 is 1.20 bits per heavy atom. The number of aromatic nitrogens is 2. The number of rotatable bonds is 6. The lowest BCUT2D eigenvalue weighted by Crippen LogP contribution is -2.93. The smallest absolute Gasteiger partial charge is 0.223 e. The number of hydrogen-bond donors (Lipinski definition) is 2. The van der Waals surface area contributed by atoms with E-state index in [2.05, 4.69) is 32.0 Å². The van der Waals surface area contributed by atoms with Crippen LogP contribution in [0.4, 0.5) is 5.95 Å². The van der Waals surface area contributed by atoms with Gasteiger partial charge in [0, 0.05) is 12.1 Å². The van der Waals surface area contributed by atoms with Gasteiger partial charge >= 0.3 is 0 Å². The second-order valence-corrected chi connectivity index (χ2v) is 8.12. The summed E-state index contributed by atoms with van der Waals surface area (Å²) >= 11 is 1.68. The fourth-order valence-corrected chi connectivity index (χ4v) is 4.43. The zero-order valence-corrected chi connectivity index (χ0v) is 14.8. The molecule has 0 aromatic carbocycles. The topological polar surface area (TPSA) is 72.9 Å². The largest absolute Gasteiger partial charge is 0.367 e. The van der Waals surface area contributed by atoms with Gasteiger partial charge in [-0.05, 0) is 30.4 Å². The summed E-state index contributed by atoms with van der Waals surface area (Å²) in [6.45, 7) is 2.64. The van der Waals surface area contributed by atoms with Gasteiger partial charge in [-0.2, -0.15) is 0 Å². The van der Waals surface area contributed by atoms with E-state index in [0.29, 0.717) is 18.6 Å². The molecule has 0 unspecified atom stereocenters. The zero-order chi connectivity index (χ0) is 16.6. The predicted molar refractivity (Wildman–Crippen MR) is 95.5 cm³/mol. The van der Waals surface area contributed by atoms with Crippen LogP contribution in [-0.4, -0.2) is 54.0 Å². The summed E-state index contributed by atoms with van der Waals surface area (Å²) in [7, 11) is 0. The molecule has 5 rings (SSSR count). The standard InChI is InChI=1S/C18H22N4O2S/c1-2-15(25-7-1)12-5-6-19-18(21-12)22-14-10-24-16-13(9-23-17(14)16)20-8-11-3-4-11/h1-2,5-7,11,13-14,16-17,20H,3-4,8-10H2,(H,19,21,22)/p+1/t13-,14-,16+,17+/m0/s1. The van der Waals surface area contributed by atoms with E-state index in [0.717, 1.165) is 23.1 Å². The van der Waals surface area contributed by atoms with Crippen LogP contribution in [0.25, 0.3) is 10.6 Å². The van der Waals surface area contributed by atoms with Crippen LogP contribution in [0.1, 0.15) is 12.8 Å². The van der Waals surface area contributed by atoms with Crippen molar-refractivity contribution in [3.8, 4) is 10.6 Å². The molecular formula is C18H23N4O2S+. The van der Waals surface area contributed by atoms with Crippen molar-refractivity contribution in [3.05, 3.63) is 29.8 Å². The van der Waals surface area contributed by atoms with E-state index >= 15 is 0 Å². The zero-order valence-electron chi connectivity index (χ0n) is 14.0. The van der Waals surface area contributed by atoms with Crippen LogP contribution in [0.15, 0.2) is 29.8 Å². The summed E-state index contributed by atoms with van der Waals surface area (Å²) in [6.07, 6.45) is 4.85. The molecule has 3 N–H and O–H groups in total. The number of quaternary nitrogens is 1. The van der Waals surface area contributed by atoms with Crippen LogP contribution in [0.3, 0.4) is 0 Å². The van der Waals surface area contributed by atoms with Crippen molar-refractivity contribution in [2.75, 3.05) is 25.1 Å². The van der Waals surface area contributed by atoms with Gasteiger partial charge in [-0.25, -0.2) is 9.97 Å². The highest BCUT2D eigenvalue weighted by Crippen LogP contribution is 2.29. The lowest BCUT2D eigenvalue weighted by atomic mass is 10.1. The second-order valence-electron chi connectivity index (χ2n) is 7.17. The van der Waals surface area contributed by atoms with Crippen molar-refractivity contribution in [2.24, 2.45) is 5.92 Å². The second kappa shape index (κ2) is 6.64. The third-order valence-corrected chi connectivity index (χ3v) is 6.20. The molecule has 3 aliphatic rings. The van der Waals surface area contributed by atoms with Crippen LogP contribution in [-0.2, 0) is 9.47 Å². The van der Waals surface area contributed by atoms with Crippen LogP contribution >= 0.6 is 11.3 Å². The first-order chi connectivity index (χ1) is 12.4. The van der Waals surface area contributed by atoms with E-state index < -0.39 is 0 Å². The first kappa shape index (κ1) is 15.7. The fourth-order valence-electron chi connectivity index (χ4n) is 3.73. The van der Waals surface area contributed by atoms with Gasteiger partial charge in [0.25, 0.3) is 0 Å². The lowest BCUT2D eigenvalue weighted by Gasteiger charge is -2.17. The van der Waals surface area contributed by atoms with Gasteiger partial charge in [-0.1, -0.05) is 6.07 Å². The number of nitrogens with one attached hydrogen (secondary N) is 1. The third-order valence-electron chi connectivity index (χ3n) is 5.30. The molecule has 132 valence electrons. The highest BCUT2D eigenvalue weighted by atomic mass is 32.1. The Balaban J connectivity index is 1.24. The van der Waals surface area contributed by atoms with Crippen molar-refractivity contribution in [3.63, 3.8) is 0 Å². The maximum Gasteiger partial charge on any atom is 0.223 e. The average Bonchev–Trinajstić information content (AvgIpc) is 3.03. The summed E-state index contributed by atoms with van der Waals surface area (Å²) in [5, 5.41) is 7.92. The SMILES string of the molecule is c1csc(-c2ccnc(N[C@H]3CO[C@H]4[C@@H]3OC[C@@H]4[NH2+]CC3CC3)n2)c1. The van der Waals surface area contributed by atoms with E-state index in [1.165, 1.54) is 19.4 Å². The van der Waals surface area contributed by atoms with Crippen LogP contribution < -0.4 is 10.6 Å². The monoisotopic (exact) mass is 359 g/mol. The highest BCUT2D eigenvalue weighted by Gasteiger charge is 2.50. The molecule has 25 heavy (non-hydrogen) atoms. The van der Waals surface area contributed by atoms with Gasteiger partial charge in [0.2, 0.25) is 5.95 Å². The summed E-state index contributed by atoms with van der Waals surface area (Å²) in [6, 6.07) is 6.60. The molecule has 4 atom stereocenters. The minimum atomic E-state index is 0.0921. The number of hydrogen-bond acceptors (Lipinski definition) is 6. The highest BCUT2D eigenvalue weighted by molar-refractivity contribution is 7.13. The molecule has 0 spiro atoms. The van der Waals surface area contributed by atoms with E-state index in [1.807, 2.05) is 12.1 Å². The number of ether oxygens (including phenoxy) is 2. The Hall–Kier alpha value is -1.54. The fraction of sp³-hybridized carbons (Fsp3) is 0.556. The molecular weight excluding hydrogens is 336 g/mol. The maximum absolute atomic E-state index is 6.06. The van der Waals surface area contributed by atoms with E-state index in [9.17, 15) is 0 Å². The van der Waals surface area contributed by atoms with Gasteiger partial charge in [0.1, 0.15) is 24.9 Å². The molecule has 0 bridgehead atoms. The van der Waals surface area contributed by atoms with Crippen molar-refractivity contribution in [1.82, 2.24) is 9.97 Å². The van der Waals surface area contributed by atoms with Crippen molar-refractivity contribution in [1.29, 1.82) is 0 Å². The van der Waals surface area contributed by atoms with Gasteiger partial charge in [0.05, 0.1) is 29.8 Å².